The molecule has 0 aliphatic rings. The van der Waals surface area contributed by atoms with Crippen LogP contribution in [0.3, 0.4) is 0 Å². The number of aromatic nitrogens is 2. The first-order valence-electron chi connectivity index (χ1n) is 6.46. The van der Waals surface area contributed by atoms with Gasteiger partial charge in [0.1, 0.15) is 5.60 Å². The lowest BCUT2D eigenvalue weighted by Crippen LogP contribution is -2.33. The number of amides is 2. The van der Waals surface area contributed by atoms with Crippen molar-refractivity contribution in [1.82, 2.24) is 15.3 Å². The molecule has 1 aromatic heterocycles. The lowest BCUT2D eigenvalue weighted by molar-refractivity contribution is -0.156. The smallest absolute Gasteiger partial charge is 0.321 e. The fourth-order valence-electron chi connectivity index (χ4n) is 1.22. The number of hydrogen-bond acceptors (Lipinski definition) is 5. The first kappa shape index (κ1) is 15.9. The Morgan fingerprint density at radius 1 is 1.30 bits per heavy atom. The standard InChI is InChI=1S/C13H20N4O3/c1-4-13(2,3)20-10(18)6-9-16-12(19)17-11-14-7-5-8-15-11/h5,7-8H,4,6,9H2,1-3H3,(H2,14,15,16,17,19). The summed E-state index contributed by atoms with van der Waals surface area (Å²) in [7, 11) is 0. The van der Waals surface area contributed by atoms with Crippen molar-refractivity contribution in [3.8, 4) is 0 Å². The Balaban J connectivity index is 2.24. The van der Waals surface area contributed by atoms with Crippen molar-refractivity contribution >= 4 is 17.9 Å². The molecule has 7 heteroatoms. The molecule has 0 saturated carbocycles. The van der Waals surface area contributed by atoms with Gasteiger partial charge >= 0.3 is 12.0 Å². The Bertz CT molecular complexity index is 448. The van der Waals surface area contributed by atoms with E-state index in [9.17, 15) is 9.59 Å². The van der Waals surface area contributed by atoms with E-state index in [1.54, 1.807) is 6.07 Å². The molecule has 0 atom stereocenters. The first-order chi connectivity index (χ1) is 9.43. The highest BCUT2D eigenvalue weighted by Gasteiger charge is 2.20. The molecule has 0 aliphatic heterocycles. The third-order valence-corrected chi connectivity index (χ3v) is 2.65. The van der Waals surface area contributed by atoms with Gasteiger partial charge in [-0.25, -0.2) is 14.8 Å². The Kier molecular flexibility index (Phi) is 5.89. The van der Waals surface area contributed by atoms with Crippen LogP contribution in [0, 0.1) is 0 Å². The highest BCUT2D eigenvalue weighted by molar-refractivity contribution is 5.87. The van der Waals surface area contributed by atoms with Crippen molar-refractivity contribution in [3.05, 3.63) is 18.5 Å². The second kappa shape index (κ2) is 7.42. The number of nitrogens with zero attached hydrogens (tertiary/aromatic N) is 2. The van der Waals surface area contributed by atoms with Crippen LogP contribution in [0.4, 0.5) is 10.7 Å². The number of urea groups is 1. The van der Waals surface area contributed by atoms with Crippen LogP contribution in [0.5, 0.6) is 0 Å². The van der Waals surface area contributed by atoms with Crippen molar-refractivity contribution in [3.63, 3.8) is 0 Å². The van der Waals surface area contributed by atoms with Gasteiger partial charge in [-0.15, -0.1) is 0 Å². The van der Waals surface area contributed by atoms with Gasteiger partial charge in [0.15, 0.2) is 0 Å². The Hall–Kier alpha value is -2.18. The predicted octanol–water partition coefficient (Wildman–Crippen LogP) is 1.72. The molecule has 2 N–H and O–H groups in total. The van der Waals surface area contributed by atoms with Gasteiger partial charge in [-0.3, -0.25) is 10.1 Å². The molecule has 0 unspecified atom stereocenters. The Morgan fingerprint density at radius 3 is 2.55 bits per heavy atom. The molecule has 110 valence electrons. The quantitative estimate of drug-likeness (QED) is 0.774. The van der Waals surface area contributed by atoms with E-state index in [1.807, 2.05) is 20.8 Å². The largest absolute Gasteiger partial charge is 0.460 e. The van der Waals surface area contributed by atoms with Crippen molar-refractivity contribution in [2.45, 2.75) is 39.2 Å². The minimum atomic E-state index is -0.475. The zero-order valence-electron chi connectivity index (χ0n) is 12.0. The summed E-state index contributed by atoms with van der Waals surface area (Å²) in [4.78, 5) is 30.7. The number of ether oxygens (including phenoxy) is 1. The number of carbonyl (C=O) groups is 2. The van der Waals surface area contributed by atoms with Gasteiger partial charge in [0.2, 0.25) is 5.95 Å². The normalized spacial score (nSPS) is 10.8. The van der Waals surface area contributed by atoms with Crippen molar-refractivity contribution in [2.75, 3.05) is 11.9 Å². The minimum Gasteiger partial charge on any atom is -0.460 e. The van der Waals surface area contributed by atoms with Crippen LogP contribution in [0.2, 0.25) is 0 Å². The van der Waals surface area contributed by atoms with Gasteiger partial charge in [-0.1, -0.05) is 6.92 Å². The maximum Gasteiger partial charge on any atom is 0.321 e. The molecule has 0 fully saturated rings. The SMILES string of the molecule is CCC(C)(C)OC(=O)CCNC(=O)Nc1ncccn1. The summed E-state index contributed by atoms with van der Waals surface area (Å²) in [5.41, 5.74) is -0.475. The van der Waals surface area contributed by atoms with Crippen molar-refractivity contribution in [2.24, 2.45) is 0 Å². The fraction of sp³-hybridized carbons (Fsp3) is 0.538. The molecule has 1 aromatic rings. The number of anilines is 1. The minimum absolute atomic E-state index is 0.118. The topological polar surface area (TPSA) is 93.2 Å². The second-order valence-corrected chi connectivity index (χ2v) is 4.79. The van der Waals surface area contributed by atoms with Gasteiger partial charge in [-0.2, -0.15) is 0 Å². The maximum absolute atomic E-state index is 11.5. The summed E-state index contributed by atoms with van der Waals surface area (Å²) < 4.78 is 5.25. The molecule has 0 bridgehead atoms. The Morgan fingerprint density at radius 2 is 1.95 bits per heavy atom. The maximum atomic E-state index is 11.5. The van der Waals surface area contributed by atoms with Crippen LogP contribution < -0.4 is 10.6 Å². The lowest BCUT2D eigenvalue weighted by atomic mass is 10.1. The molecule has 1 heterocycles. The van der Waals surface area contributed by atoms with E-state index in [4.69, 9.17) is 4.74 Å². The van der Waals surface area contributed by atoms with Gasteiger partial charge < -0.3 is 10.1 Å². The van der Waals surface area contributed by atoms with E-state index < -0.39 is 11.6 Å². The third kappa shape index (κ3) is 6.12. The molecule has 0 aliphatic carbocycles. The molecule has 20 heavy (non-hydrogen) atoms. The van der Waals surface area contributed by atoms with Crippen LogP contribution in [0.25, 0.3) is 0 Å². The molecule has 0 radical (unpaired) electrons. The van der Waals surface area contributed by atoms with E-state index in [2.05, 4.69) is 20.6 Å². The van der Waals surface area contributed by atoms with Crippen LogP contribution in [-0.4, -0.2) is 34.1 Å². The summed E-state index contributed by atoms with van der Waals surface area (Å²) in [6.07, 6.45) is 3.89. The van der Waals surface area contributed by atoms with Crippen LogP contribution >= 0.6 is 0 Å². The number of esters is 1. The number of carbonyl (C=O) groups excluding carboxylic acids is 2. The summed E-state index contributed by atoms with van der Waals surface area (Å²) in [6.45, 7) is 5.83. The first-order valence-corrected chi connectivity index (χ1v) is 6.46. The van der Waals surface area contributed by atoms with Crippen LogP contribution in [-0.2, 0) is 9.53 Å². The molecule has 2 amide bonds. The number of nitrogens with one attached hydrogen (secondary N) is 2. The molecule has 7 nitrogen and oxygen atoms in total. The molecule has 0 spiro atoms. The predicted molar refractivity (Wildman–Crippen MR) is 74.1 cm³/mol. The fourth-order valence-corrected chi connectivity index (χ4v) is 1.22. The molecular formula is C13H20N4O3. The molecule has 0 aromatic carbocycles. The second-order valence-electron chi connectivity index (χ2n) is 4.79. The van der Waals surface area contributed by atoms with Crippen molar-refractivity contribution < 1.29 is 14.3 Å². The number of hydrogen-bond donors (Lipinski definition) is 2. The zero-order chi connectivity index (χ0) is 15.0. The van der Waals surface area contributed by atoms with Crippen LogP contribution in [0.15, 0.2) is 18.5 Å². The highest BCUT2D eigenvalue weighted by atomic mass is 16.6. The molecular weight excluding hydrogens is 260 g/mol. The highest BCUT2D eigenvalue weighted by Crippen LogP contribution is 2.14. The van der Waals surface area contributed by atoms with Gasteiger partial charge in [0.05, 0.1) is 6.42 Å². The summed E-state index contributed by atoms with van der Waals surface area (Å²) in [5.74, 6) is -0.132. The lowest BCUT2D eigenvalue weighted by Gasteiger charge is -2.23. The summed E-state index contributed by atoms with van der Waals surface area (Å²) >= 11 is 0. The zero-order valence-corrected chi connectivity index (χ0v) is 12.0. The molecule has 0 saturated heterocycles. The monoisotopic (exact) mass is 280 g/mol. The number of rotatable bonds is 6. The summed E-state index contributed by atoms with van der Waals surface area (Å²) in [5, 5.41) is 4.99. The third-order valence-electron chi connectivity index (χ3n) is 2.65. The van der Waals surface area contributed by atoms with Gasteiger partial charge in [0, 0.05) is 18.9 Å². The van der Waals surface area contributed by atoms with E-state index in [0.717, 1.165) is 6.42 Å². The van der Waals surface area contributed by atoms with E-state index in [-0.39, 0.29) is 24.9 Å². The van der Waals surface area contributed by atoms with E-state index in [0.29, 0.717) is 0 Å². The summed E-state index contributed by atoms with van der Waals surface area (Å²) in [6, 6.07) is 1.19. The van der Waals surface area contributed by atoms with E-state index in [1.165, 1.54) is 12.4 Å². The van der Waals surface area contributed by atoms with Gasteiger partial charge in [-0.05, 0) is 26.3 Å². The van der Waals surface area contributed by atoms with E-state index >= 15 is 0 Å². The Labute approximate surface area is 118 Å². The molecule has 1 rings (SSSR count). The van der Waals surface area contributed by atoms with Crippen molar-refractivity contribution in [1.29, 1.82) is 0 Å². The average Bonchev–Trinajstić information content (AvgIpc) is 2.39. The van der Waals surface area contributed by atoms with Gasteiger partial charge in [0.25, 0.3) is 0 Å². The van der Waals surface area contributed by atoms with Crippen LogP contribution in [0.1, 0.15) is 33.6 Å². The average molecular weight is 280 g/mol.